The number of carbonyl (C=O) groups is 1. The maximum atomic E-state index is 12.1. The molecule has 0 amide bonds. The standard InChI is InChI=1S/C11H14BrNO4S2/c12-10-9(5-8(18-10)11(14)15)19(16,17)13-6-7-3-1-2-4-7/h5,7,13H,1-4,6H2,(H,14,15). The van der Waals surface area contributed by atoms with Gasteiger partial charge in [-0.05, 0) is 40.8 Å². The van der Waals surface area contributed by atoms with Gasteiger partial charge in [0.15, 0.2) is 0 Å². The van der Waals surface area contributed by atoms with Crippen molar-refractivity contribution < 1.29 is 18.3 Å². The first-order chi connectivity index (χ1) is 8.90. The quantitative estimate of drug-likeness (QED) is 0.837. The highest BCUT2D eigenvalue weighted by Crippen LogP contribution is 2.32. The van der Waals surface area contributed by atoms with Gasteiger partial charge in [-0.2, -0.15) is 0 Å². The van der Waals surface area contributed by atoms with Gasteiger partial charge in [0.2, 0.25) is 10.0 Å². The zero-order chi connectivity index (χ0) is 14.0. The van der Waals surface area contributed by atoms with Crippen molar-refractivity contribution in [3.05, 3.63) is 14.7 Å². The Bertz CT molecular complexity index is 576. The van der Waals surface area contributed by atoms with Crippen LogP contribution >= 0.6 is 27.3 Å². The lowest BCUT2D eigenvalue weighted by atomic mass is 10.1. The molecule has 0 radical (unpaired) electrons. The molecule has 0 atom stereocenters. The van der Waals surface area contributed by atoms with Crippen LogP contribution < -0.4 is 4.72 Å². The van der Waals surface area contributed by atoms with Crippen LogP contribution in [0.5, 0.6) is 0 Å². The Morgan fingerprint density at radius 1 is 1.47 bits per heavy atom. The Balaban J connectivity index is 2.12. The number of nitrogens with one attached hydrogen (secondary N) is 1. The molecule has 1 aliphatic rings. The smallest absolute Gasteiger partial charge is 0.345 e. The average Bonchev–Trinajstić information content (AvgIpc) is 2.95. The second-order valence-electron chi connectivity index (χ2n) is 4.56. The topological polar surface area (TPSA) is 83.5 Å². The molecule has 19 heavy (non-hydrogen) atoms. The molecule has 0 aromatic carbocycles. The van der Waals surface area contributed by atoms with Crippen LogP contribution in [0.25, 0.3) is 0 Å². The minimum atomic E-state index is -3.64. The molecule has 2 rings (SSSR count). The van der Waals surface area contributed by atoms with Gasteiger partial charge in [0, 0.05) is 6.54 Å². The van der Waals surface area contributed by atoms with Gasteiger partial charge in [-0.1, -0.05) is 12.8 Å². The van der Waals surface area contributed by atoms with Crippen LogP contribution in [0, 0.1) is 5.92 Å². The van der Waals surface area contributed by atoms with Gasteiger partial charge < -0.3 is 5.11 Å². The number of thiophene rings is 1. The molecule has 0 bridgehead atoms. The van der Waals surface area contributed by atoms with Crippen LogP contribution in [-0.2, 0) is 10.0 Å². The molecule has 8 heteroatoms. The van der Waals surface area contributed by atoms with E-state index in [2.05, 4.69) is 20.7 Å². The number of carboxylic acids is 1. The highest BCUT2D eigenvalue weighted by Gasteiger charge is 2.24. The molecule has 1 aromatic rings. The molecule has 106 valence electrons. The van der Waals surface area contributed by atoms with E-state index in [1.165, 1.54) is 6.07 Å². The monoisotopic (exact) mass is 367 g/mol. The zero-order valence-corrected chi connectivity index (χ0v) is 13.3. The second kappa shape index (κ2) is 5.90. The van der Waals surface area contributed by atoms with Crippen LogP contribution in [-0.4, -0.2) is 26.0 Å². The van der Waals surface area contributed by atoms with Crippen molar-refractivity contribution in [3.8, 4) is 0 Å². The lowest BCUT2D eigenvalue weighted by Crippen LogP contribution is -2.28. The Labute approximate surface area is 124 Å². The predicted octanol–water partition coefficient (Wildman–Crippen LogP) is 2.68. The predicted molar refractivity (Wildman–Crippen MR) is 76.1 cm³/mol. The summed E-state index contributed by atoms with van der Waals surface area (Å²) >= 11 is 4.02. The molecule has 1 heterocycles. The summed E-state index contributed by atoms with van der Waals surface area (Å²) in [5.41, 5.74) is 0. The lowest BCUT2D eigenvalue weighted by Gasteiger charge is -2.10. The molecule has 2 N–H and O–H groups in total. The second-order valence-corrected chi connectivity index (χ2v) is 8.66. The van der Waals surface area contributed by atoms with E-state index >= 15 is 0 Å². The van der Waals surface area contributed by atoms with Gasteiger partial charge in [-0.3, -0.25) is 0 Å². The summed E-state index contributed by atoms with van der Waals surface area (Å²) in [6.07, 6.45) is 4.40. The Kier molecular flexibility index (Phi) is 4.65. The number of hydrogen-bond donors (Lipinski definition) is 2. The van der Waals surface area contributed by atoms with Crippen LogP contribution in [0.1, 0.15) is 35.4 Å². The van der Waals surface area contributed by atoms with E-state index in [1.807, 2.05) is 0 Å². The maximum absolute atomic E-state index is 12.1. The summed E-state index contributed by atoms with van der Waals surface area (Å²) in [7, 11) is -3.64. The molecule has 5 nitrogen and oxygen atoms in total. The number of carboxylic acid groups (broad SMARTS) is 1. The van der Waals surface area contributed by atoms with Crippen LogP contribution in [0.4, 0.5) is 0 Å². The number of aromatic carboxylic acids is 1. The Morgan fingerprint density at radius 2 is 2.11 bits per heavy atom. The van der Waals surface area contributed by atoms with Crippen molar-refractivity contribution in [2.24, 2.45) is 5.92 Å². The largest absolute Gasteiger partial charge is 0.477 e. The van der Waals surface area contributed by atoms with Crippen molar-refractivity contribution >= 4 is 43.3 Å². The number of sulfonamides is 1. The zero-order valence-electron chi connectivity index (χ0n) is 10.1. The van der Waals surface area contributed by atoms with Crippen LogP contribution in [0.3, 0.4) is 0 Å². The first-order valence-electron chi connectivity index (χ1n) is 5.92. The van der Waals surface area contributed by atoms with Gasteiger partial charge in [0.25, 0.3) is 0 Å². The van der Waals surface area contributed by atoms with E-state index in [9.17, 15) is 13.2 Å². The summed E-state index contributed by atoms with van der Waals surface area (Å²) < 4.78 is 27.1. The van der Waals surface area contributed by atoms with E-state index in [1.54, 1.807) is 0 Å². The van der Waals surface area contributed by atoms with E-state index in [0.29, 0.717) is 16.2 Å². The van der Waals surface area contributed by atoms with Crippen LogP contribution in [0.2, 0.25) is 0 Å². The van der Waals surface area contributed by atoms with Crippen molar-refractivity contribution in [1.82, 2.24) is 4.72 Å². The highest BCUT2D eigenvalue weighted by atomic mass is 79.9. The summed E-state index contributed by atoms with van der Waals surface area (Å²) in [6.45, 7) is 0.424. The first-order valence-corrected chi connectivity index (χ1v) is 9.01. The maximum Gasteiger partial charge on any atom is 0.345 e. The van der Waals surface area contributed by atoms with E-state index < -0.39 is 16.0 Å². The van der Waals surface area contributed by atoms with Gasteiger partial charge in [0.1, 0.15) is 9.77 Å². The fourth-order valence-corrected chi connectivity index (χ4v) is 5.68. The molecule has 0 saturated heterocycles. The fourth-order valence-electron chi connectivity index (χ4n) is 2.16. The van der Waals surface area contributed by atoms with Gasteiger partial charge >= 0.3 is 5.97 Å². The molecule has 0 unspecified atom stereocenters. The van der Waals surface area contributed by atoms with Crippen molar-refractivity contribution in [2.45, 2.75) is 30.6 Å². The number of hydrogen-bond acceptors (Lipinski definition) is 4. The van der Waals surface area contributed by atoms with E-state index in [-0.39, 0.29) is 9.77 Å². The van der Waals surface area contributed by atoms with E-state index in [0.717, 1.165) is 37.0 Å². The van der Waals surface area contributed by atoms with E-state index in [4.69, 9.17) is 5.11 Å². The molecule has 1 saturated carbocycles. The molecular weight excluding hydrogens is 354 g/mol. The molecule has 1 aliphatic carbocycles. The third-order valence-electron chi connectivity index (χ3n) is 3.19. The molecule has 1 fully saturated rings. The number of halogens is 1. The van der Waals surface area contributed by atoms with Gasteiger partial charge in [-0.15, -0.1) is 11.3 Å². The summed E-state index contributed by atoms with van der Waals surface area (Å²) in [4.78, 5) is 10.8. The third kappa shape index (κ3) is 3.56. The normalized spacial score (nSPS) is 16.9. The molecule has 0 aliphatic heterocycles. The van der Waals surface area contributed by atoms with Crippen molar-refractivity contribution in [3.63, 3.8) is 0 Å². The Morgan fingerprint density at radius 3 is 2.63 bits per heavy atom. The SMILES string of the molecule is O=C(O)c1cc(S(=O)(=O)NCC2CCCC2)c(Br)s1. The Hall–Kier alpha value is -0.440. The molecule has 1 aromatic heterocycles. The van der Waals surface area contributed by atoms with Gasteiger partial charge in [-0.25, -0.2) is 17.9 Å². The number of rotatable bonds is 5. The van der Waals surface area contributed by atoms with Crippen LogP contribution in [0.15, 0.2) is 14.7 Å². The highest BCUT2D eigenvalue weighted by molar-refractivity contribution is 9.11. The summed E-state index contributed by atoms with van der Waals surface area (Å²) in [5, 5.41) is 8.87. The lowest BCUT2D eigenvalue weighted by molar-refractivity contribution is 0.0702. The third-order valence-corrected chi connectivity index (χ3v) is 6.86. The minimum absolute atomic E-state index is 0.00731. The minimum Gasteiger partial charge on any atom is -0.477 e. The first kappa shape index (κ1) is 15.0. The molecular formula is C11H14BrNO4S2. The molecule has 0 spiro atoms. The average molecular weight is 368 g/mol. The van der Waals surface area contributed by atoms with Crippen molar-refractivity contribution in [1.29, 1.82) is 0 Å². The fraction of sp³-hybridized carbons (Fsp3) is 0.545. The van der Waals surface area contributed by atoms with Crippen molar-refractivity contribution in [2.75, 3.05) is 6.54 Å². The van der Waals surface area contributed by atoms with Gasteiger partial charge in [0.05, 0.1) is 3.79 Å². The summed E-state index contributed by atoms with van der Waals surface area (Å²) in [5.74, 6) is -0.728. The summed E-state index contributed by atoms with van der Waals surface area (Å²) in [6, 6.07) is 1.19.